The van der Waals surface area contributed by atoms with Gasteiger partial charge in [0.05, 0.1) is 10.7 Å². The van der Waals surface area contributed by atoms with Gasteiger partial charge < -0.3 is 9.88 Å². The third-order valence-corrected chi connectivity index (χ3v) is 3.59. The Balaban J connectivity index is 2.54. The molecule has 0 aliphatic heterocycles. The fraction of sp³-hybridized carbons (Fsp3) is 0.250. The number of imidazole rings is 1. The Kier molecular flexibility index (Phi) is 3.86. The van der Waals surface area contributed by atoms with Crippen molar-refractivity contribution in [1.82, 2.24) is 14.9 Å². The van der Waals surface area contributed by atoms with Crippen LogP contribution in [0.4, 0.5) is 0 Å². The molecule has 0 aliphatic rings. The minimum absolute atomic E-state index is 0.712. The van der Waals surface area contributed by atoms with Crippen molar-refractivity contribution >= 4 is 27.5 Å². The molecule has 0 fully saturated rings. The molecule has 2 aromatic rings. The normalized spacial score (nSPS) is 10.8. The van der Waals surface area contributed by atoms with Gasteiger partial charge in [0.25, 0.3) is 0 Å². The standard InChI is InChI=1S/C12H13BrClN3/c1-15-7-10-11(13)16-12(17(10)2)8-5-3-4-6-9(8)14/h3-6,15H,7H2,1-2H3. The van der Waals surface area contributed by atoms with Crippen LogP contribution in [0.1, 0.15) is 5.69 Å². The average Bonchev–Trinajstić information content (AvgIpc) is 2.58. The number of aromatic nitrogens is 2. The molecule has 0 bridgehead atoms. The smallest absolute Gasteiger partial charge is 0.142 e. The van der Waals surface area contributed by atoms with Gasteiger partial charge >= 0.3 is 0 Å². The zero-order chi connectivity index (χ0) is 12.4. The molecule has 1 N–H and O–H groups in total. The van der Waals surface area contributed by atoms with E-state index in [1.54, 1.807) is 0 Å². The summed E-state index contributed by atoms with van der Waals surface area (Å²) in [4.78, 5) is 4.52. The number of nitrogens with one attached hydrogen (secondary N) is 1. The number of nitrogens with zero attached hydrogens (tertiary/aromatic N) is 2. The summed E-state index contributed by atoms with van der Waals surface area (Å²) in [5.74, 6) is 0.868. The Bertz CT molecular complexity index is 537. The van der Waals surface area contributed by atoms with Crippen molar-refractivity contribution in [3.8, 4) is 11.4 Å². The summed E-state index contributed by atoms with van der Waals surface area (Å²) in [5.41, 5.74) is 2.04. The summed E-state index contributed by atoms with van der Waals surface area (Å²) in [6, 6.07) is 7.72. The molecule has 2 rings (SSSR count). The topological polar surface area (TPSA) is 29.9 Å². The minimum Gasteiger partial charge on any atom is -0.329 e. The van der Waals surface area contributed by atoms with E-state index in [-0.39, 0.29) is 0 Å². The molecule has 17 heavy (non-hydrogen) atoms. The average molecular weight is 315 g/mol. The Morgan fingerprint density at radius 1 is 1.41 bits per heavy atom. The Hall–Kier alpha value is -0.840. The van der Waals surface area contributed by atoms with Crippen LogP contribution in [-0.4, -0.2) is 16.6 Å². The molecule has 90 valence electrons. The van der Waals surface area contributed by atoms with Crippen molar-refractivity contribution in [2.75, 3.05) is 7.05 Å². The molecule has 0 amide bonds. The van der Waals surface area contributed by atoms with Crippen molar-refractivity contribution in [3.05, 3.63) is 39.6 Å². The summed E-state index contributed by atoms with van der Waals surface area (Å²) < 4.78 is 2.89. The third kappa shape index (κ3) is 2.39. The lowest BCUT2D eigenvalue weighted by molar-refractivity contribution is 0.734. The maximum Gasteiger partial charge on any atom is 0.142 e. The Morgan fingerprint density at radius 3 is 2.76 bits per heavy atom. The highest BCUT2D eigenvalue weighted by molar-refractivity contribution is 9.10. The van der Waals surface area contributed by atoms with Gasteiger partial charge in [0.15, 0.2) is 0 Å². The van der Waals surface area contributed by atoms with Gasteiger partial charge in [0, 0.05) is 19.2 Å². The molecule has 1 heterocycles. The number of rotatable bonds is 3. The van der Waals surface area contributed by atoms with Crippen LogP contribution in [0.25, 0.3) is 11.4 Å². The van der Waals surface area contributed by atoms with E-state index in [1.165, 1.54) is 0 Å². The van der Waals surface area contributed by atoms with Crippen LogP contribution >= 0.6 is 27.5 Å². The molecule has 0 aliphatic carbocycles. The molecule has 0 atom stereocenters. The first-order chi connectivity index (χ1) is 8.15. The van der Waals surface area contributed by atoms with Gasteiger partial charge in [-0.25, -0.2) is 4.98 Å². The van der Waals surface area contributed by atoms with Gasteiger partial charge in [0.1, 0.15) is 10.4 Å². The summed E-state index contributed by atoms with van der Waals surface area (Å²) in [6.45, 7) is 0.758. The predicted molar refractivity (Wildman–Crippen MR) is 74.1 cm³/mol. The molecule has 1 aromatic heterocycles. The summed E-state index contributed by atoms with van der Waals surface area (Å²) in [6.07, 6.45) is 0. The van der Waals surface area contributed by atoms with Crippen LogP contribution in [0.5, 0.6) is 0 Å². The highest BCUT2D eigenvalue weighted by Crippen LogP contribution is 2.29. The fourth-order valence-electron chi connectivity index (χ4n) is 1.74. The van der Waals surface area contributed by atoms with E-state index in [4.69, 9.17) is 11.6 Å². The molecule has 0 saturated heterocycles. The molecule has 0 unspecified atom stereocenters. The van der Waals surface area contributed by atoms with Crippen molar-refractivity contribution in [3.63, 3.8) is 0 Å². The number of benzene rings is 1. The van der Waals surface area contributed by atoms with E-state index >= 15 is 0 Å². The van der Waals surface area contributed by atoms with E-state index in [9.17, 15) is 0 Å². The van der Waals surface area contributed by atoms with Crippen LogP contribution in [-0.2, 0) is 13.6 Å². The molecule has 0 saturated carbocycles. The van der Waals surface area contributed by atoms with Gasteiger partial charge in [-0.05, 0) is 35.1 Å². The van der Waals surface area contributed by atoms with Crippen molar-refractivity contribution < 1.29 is 0 Å². The molecule has 0 spiro atoms. The Morgan fingerprint density at radius 2 is 2.12 bits per heavy atom. The summed E-state index contributed by atoms with van der Waals surface area (Å²) in [7, 11) is 3.90. The third-order valence-electron chi connectivity index (χ3n) is 2.62. The second kappa shape index (κ2) is 5.21. The maximum absolute atomic E-state index is 6.19. The first kappa shape index (κ1) is 12.6. The number of hydrogen-bond donors (Lipinski definition) is 1. The van der Waals surface area contributed by atoms with Crippen LogP contribution < -0.4 is 5.32 Å². The summed E-state index contributed by atoms with van der Waals surface area (Å²) in [5, 5.41) is 3.83. The highest BCUT2D eigenvalue weighted by Gasteiger charge is 2.15. The molecule has 0 radical (unpaired) electrons. The van der Waals surface area contributed by atoms with Crippen LogP contribution in [0.3, 0.4) is 0 Å². The van der Waals surface area contributed by atoms with Gasteiger partial charge in [-0.3, -0.25) is 0 Å². The van der Waals surface area contributed by atoms with E-state index in [1.807, 2.05) is 42.9 Å². The van der Waals surface area contributed by atoms with Gasteiger partial charge in [0.2, 0.25) is 0 Å². The molecule has 3 nitrogen and oxygen atoms in total. The maximum atomic E-state index is 6.19. The lowest BCUT2D eigenvalue weighted by Gasteiger charge is -2.06. The van der Waals surface area contributed by atoms with Gasteiger partial charge in [-0.15, -0.1) is 0 Å². The second-order valence-electron chi connectivity index (χ2n) is 3.74. The Labute approximate surface area is 114 Å². The molecular weight excluding hydrogens is 302 g/mol. The monoisotopic (exact) mass is 313 g/mol. The highest BCUT2D eigenvalue weighted by atomic mass is 79.9. The first-order valence-electron chi connectivity index (χ1n) is 5.25. The number of halogens is 2. The van der Waals surface area contributed by atoms with Crippen molar-refractivity contribution in [1.29, 1.82) is 0 Å². The molecular formula is C12H13BrClN3. The summed E-state index contributed by atoms with van der Waals surface area (Å²) >= 11 is 9.66. The van der Waals surface area contributed by atoms with Gasteiger partial charge in [-0.1, -0.05) is 23.7 Å². The minimum atomic E-state index is 0.712. The van der Waals surface area contributed by atoms with E-state index in [0.717, 1.165) is 28.2 Å². The van der Waals surface area contributed by atoms with E-state index in [2.05, 4.69) is 26.2 Å². The lowest BCUT2D eigenvalue weighted by Crippen LogP contribution is -2.10. The zero-order valence-electron chi connectivity index (χ0n) is 9.67. The largest absolute Gasteiger partial charge is 0.329 e. The van der Waals surface area contributed by atoms with E-state index in [0.29, 0.717) is 5.02 Å². The number of hydrogen-bond acceptors (Lipinski definition) is 2. The van der Waals surface area contributed by atoms with Crippen LogP contribution in [0, 0.1) is 0 Å². The molecule has 5 heteroatoms. The molecule has 1 aromatic carbocycles. The zero-order valence-corrected chi connectivity index (χ0v) is 12.0. The van der Waals surface area contributed by atoms with Crippen LogP contribution in [0.15, 0.2) is 28.9 Å². The lowest BCUT2D eigenvalue weighted by atomic mass is 10.2. The fourth-order valence-corrected chi connectivity index (χ4v) is 2.54. The predicted octanol–water partition coefficient (Wildman–Crippen LogP) is 3.22. The van der Waals surface area contributed by atoms with E-state index < -0.39 is 0 Å². The SMILES string of the molecule is CNCc1c(Br)nc(-c2ccccc2Cl)n1C. The van der Waals surface area contributed by atoms with Crippen molar-refractivity contribution in [2.24, 2.45) is 7.05 Å². The first-order valence-corrected chi connectivity index (χ1v) is 6.43. The van der Waals surface area contributed by atoms with Crippen LogP contribution in [0.2, 0.25) is 5.02 Å². The second-order valence-corrected chi connectivity index (χ2v) is 4.90. The van der Waals surface area contributed by atoms with Gasteiger partial charge in [-0.2, -0.15) is 0 Å². The van der Waals surface area contributed by atoms with Crippen molar-refractivity contribution in [2.45, 2.75) is 6.54 Å². The quantitative estimate of drug-likeness (QED) is 0.942.